The smallest absolute Gasteiger partial charge is 0.192 e. The molecule has 0 bridgehead atoms. The molecule has 3 nitrogen and oxygen atoms in total. The standard InChI is InChI=1S/C12H15NO2/c1-7-13-9-5-8(12(2,3)4)10(14)6-11(9)15-7/h5-6,14H,1-4H3. The van der Waals surface area contributed by atoms with Crippen molar-refractivity contribution in [1.29, 1.82) is 0 Å². The molecule has 1 aromatic carbocycles. The van der Waals surface area contributed by atoms with Gasteiger partial charge in [-0.3, -0.25) is 0 Å². The molecule has 2 rings (SSSR count). The lowest BCUT2D eigenvalue weighted by molar-refractivity contribution is 0.446. The second-order valence-corrected chi connectivity index (χ2v) is 4.82. The highest BCUT2D eigenvalue weighted by Gasteiger charge is 2.20. The monoisotopic (exact) mass is 205 g/mol. The molecule has 0 unspecified atom stereocenters. The zero-order chi connectivity index (χ0) is 11.2. The number of aromatic hydroxyl groups is 1. The molecule has 0 atom stereocenters. The van der Waals surface area contributed by atoms with Crippen molar-refractivity contribution in [3.63, 3.8) is 0 Å². The van der Waals surface area contributed by atoms with Gasteiger partial charge in [-0.05, 0) is 11.5 Å². The van der Waals surface area contributed by atoms with Crippen LogP contribution in [0.25, 0.3) is 11.1 Å². The second-order valence-electron chi connectivity index (χ2n) is 4.82. The van der Waals surface area contributed by atoms with Gasteiger partial charge in [-0.15, -0.1) is 0 Å². The largest absolute Gasteiger partial charge is 0.508 e. The van der Waals surface area contributed by atoms with Gasteiger partial charge < -0.3 is 9.52 Å². The van der Waals surface area contributed by atoms with E-state index in [0.717, 1.165) is 11.1 Å². The molecule has 1 N–H and O–H groups in total. The molecule has 0 saturated carbocycles. The van der Waals surface area contributed by atoms with Gasteiger partial charge in [0.15, 0.2) is 11.5 Å². The first kappa shape index (κ1) is 10.0. The number of phenols is 1. The van der Waals surface area contributed by atoms with Gasteiger partial charge in [0.2, 0.25) is 0 Å². The topological polar surface area (TPSA) is 46.3 Å². The Kier molecular flexibility index (Phi) is 2.00. The number of fused-ring (bicyclic) bond motifs is 1. The van der Waals surface area contributed by atoms with Crippen molar-refractivity contribution in [2.24, 2.45) is 0 Å². The zero-order valence-electron chi connectivity index (χ0n) is 9.46. The average molecular weight is 205 g/mol. The van der Waals surface area contributed by atoms with E-state index in [0.29, 0.717) is 11.5 Å². The Balaban J connectivity index is 2.72. The fraction of sp³-hybridized carbons (Fsp3) is 0.417. The first-order valence-electron chi connectivity index (χ1n) is 4.98. The van der Waals surface area contributed by atoms with Crippen molar-refractivity contribution < 1.29 is 9.52 Å². The summed E-state index contributed by atoms with van der Waals surface area (Å²) in [5.74, 6) is 0.890. The van der Waals surface area contributed by atoms with Crippen LogP contribution >= 0.6 is 0 Å². The number of rotatable bonds is 0. The molecular formula is C12H15NO2. The molecule has 3 heteroatoms. The molecule has 0 amide bonds. The fourth-order valence-electron chi connectivity index (χ4n) is 1.68. The molecule has 0 saturated heterocycles. The predicted molar refractivity (Wildman–Crippen MR) is 59.1 cm³/mol. The van der Waals surface area contributed by atoms with E-state index in [2.05, 4.69) is 25.8 Å². The SMILES string of the molecule is Cc1nc2cc(C(C)(C)C)c(O)cc2o1. The van der Waals surface area contributed by atoms with Crippen LogP contribution in [0.3, 0.4) is 0 Å². The van der Waals surface area contributed by atoms with E-state index in [1.54, 1.807) is 13.0 Å². The molecule has 0 radical (unpaired) electrons. The zero-order valence-corrected chi connectivity index (χ0v) is 9.46. The van der Waals surface area contributed by atoms with Gasteiger partial charge in [-0.25, -0.2) is 4.98 Å². The summed E-state index contributed by atoms with van der Waals surface area (Å²) >= 11 is 0. The van der Waals surface area contributed by atoms with E-state index >= 15 is 0 Å². The van der Waals surface area contributed by atoms with E-state index in [-0.39, 0.29) is 11.2 Å². The first-order chi connectivity index (χ1) is 6.88. The number of hydrogen-bond donors (Lipinski definition) is 1. The lowest BCUT2D eigenvalue weighted by Gasteiger charge is -2.19. The molecule has 0 aliphatic heterocycles. The highest BCUT2D eigenvalue weighted by Crippen LogP contribution is 2.34. The van der Waals surface area contributed by atoms with E-state index in [9.17, 15) is 5.11 Å². The number of aromatic nitrogens is 1. The Morgan fingerprint density at radius 2 is 1.93 bits per heavy atom. The molecule has 0 aliphatic rings. The first-order valence-corrected chi connectivity index (χ1v) is 4.98. The Labute approximate surface area is 88.7 Å². The van der Waals surface area contributed by atoms with Crippen molar-refractivity contribution in [3.8, 4) is 5.75 Å². The van der Waals surface area contributed by atoms with Gasteiger partial charge in [0, 0.05) is 18.6 Å². The van der Waals surface area contributed by atoms with E-state index in [1.807, 2.05) is 6.07 Å². The van der Waals surface area contributed by atoms with Crippen LogP contribution in [0.2, 0.25) is 0 Å². The Morgan fingerprint density at radius 1 is 1.27 bits per heavy atom. The van der Waals surface area contributed by atoms with Crippen LogP contribution in [0, 0.1) is 6.92 Å². The summed E-state index contributed by atoms with van der Waals surface area (Å²) in [5.41, 5.74) is 2.24. The Morgan fingerprint density at radius 3 is 2.53 bits per heavy atom. The summed E-state index contributed by atoms with van der Waals surface area (Å²) in [6.45, 7) is 7.97. The van der Waals surface area contributed by atoms with Gasteiger partial charge in [0.05, 0.1) is 0 Å². The lowest BCUT2D eigenvalue weighted by atomic mass is 9.86. The van der Waals surface area contributed by atoms with Gasteiger partial charge in [0.1, 0.15) is 11.3 Å². The van der Waals surface area contributed by atoms with Gasteiger partial charge >= 0.3 is 0 Å². The van der Waals surface area contributed by atoms with Crippen LogP contribution in [0.15, 0.2) is 16.5 Å². The number of benzene rings is 1. The van der Waals surface area contributed by atoms with Crippen molar-refractivity contribution in [2.75, 3.05) is 0 Å². The maximum Gasteiger partial charge on any atom is 0.192 e. The van der Waals surface area contributed by atoms with Crippen LogP contribution < -0.4 is 0 Å². The van der Waals surface area contributed by atoms with E-state index in [4.69, 9.17) is 4.42 Å². The Hall–Kier alpha value is -1.51. The molecule has 1 aromatic heterocycles. The quantitative estimate of drug-likeness (QED) is 0.718. The van der Waals surface area contributed by atoms with Crippen LogP contribution in [-0.4, -0.2) is 10.1 Å². The maximum absolute atomic E-state index is 9.87. The van der Waals surface area contributed by atoms with Crippen LogP contribution in [0.4, 0.5) is 0 Å². The van der Waals surface area contributed by atoms with Gasteiger partial charge in [0.25, 0.3) is 0 Å². The third-order valence-electron chi connectivity index (χ3n) is 2.42. The highest BCUT2D eigenvalue weighted by molar-refractivity contribution is 5.76. The molecule has 0 fully saturated rings. The summed E-state index contributed by atoms with van der Waals surface area (Å²) in [4.78, 5) is 4.25. The summed E-state index contributed by atoms with van der Waals surface area (Å²) in [6, 6.07) is 3.52. The van der Waals surface area contributed by atoms with Crippen molar-refractivity contribution in [3.05, 3.63) is 23.6 Å². The summed E-state index contributed by atoms with van der Waals surface area (Å²) in [5, 5.41) is 9.87. The van der Waals surface area contributed by atoms with Crippen molar-refractivity contribution >= 4 is 11.1 Å². The highest BCUT2D eigenvalue weighted by atomic mass is 16.3. The number of nitrogens with zero attached hydrogens (tertiary/aromatic N) is 1. The minimum Gasteiger partial charge on any atom is -0.508 e. The van der Waals surface area contributed by atoms with Crippen molar-refractivity contribution in [2.45, 2.75) is 33.1 Å². The van der Waals surface area contributed by atoms with Crippen molar-refractivity contribution in [1.82, 2.24) is 4.98 Å². The second kappa shape index (κ2) is 2.99. The number of oxazole rings is 1. The predicted octanol–water partition coefficient (Wildman–Crippen LogP) is 3.14. The van der Waals surface area contributed by atoms with E-state index in [1.165, 1.54) is 0 Å². The third-order valence-corrected chi connectivity index (χ3v) is 2.42. The van der Waals surface area contributed by atoms with Crippen LogP contribution in [-0.2, 0) is 5.41 Å². The lowest BCUT2D eigenvalue weighted by Crippen LogP contribution is -2.11. The molecule has 15 heavy (non-hydrogen) atoms. The minimum atomic E-state index is -0.0921. The van der Waals surface area contributed by atoms with Crippen LogP contribution in [0.1, 0.15) is 32.2 Å². The number of aryl methyl sites for hydroxylation is 1. The molecule has 0 spiro atoms. The molecule has 1 heterocycles. The minimum absolute atomic E-state index is 0.0921. The maximum atomic E-state index is 9.87. The summed E-state index contributed by atoms with van der Waals surface area (Å²) < 4.78 is 5.35. The molecular weight excluding hydrogens is 190 g/mol. The summed E-state index contributed by atoms with van der Waals surface area (Å²) in [6.07, 6.45) is 0. The van der Waals surface area contributed by atoms with Crippen LogP contribution in [0.5, 0.6) is 5.75 Å². The average Bonchev–Trinajstić information content (AvgIpc) is 2.40. The number of phenolic OH excluding ortho intramolecular Hbond substituents is 1. The fourth-order valence-corrected chi connectivity index (χ4v) is 1.68. The molecule has 80 valence electrons. The van der Waals surface area contributed by atoms with Gasteiger partial charge in [-0.1, -0.05) is 20.8 Å². The molecule has 2 aromatic rings. The van der Waals surface area contributed by atoms with E-state index < -0.39 is 0 Å². The third kappa shape index (κ3) is 1.69. The normalized spacial score (nSPS) is 12.3. The van der Waals surface area contributed by atoms with Gasteiger partial charge in [-0.2, -0.15) is 0 Å². The Bertz CT molecular complexity index is 506. The number of hydrogen-bond acceptors (Lipinski definition) is 3. The summed E-state index contributed by atoms with van der Waals surface area (Å²) in [7, 11) is 0. The molecule has 0 aliphatic carbocycles.